The highest BCUT2D eigenvalue weighted by Crippen LogP contribution is 2.22. The molecule has 1 aromatic rings. The molecule has 0 radical (unpaired) electrons. The normalized spacial score (nSPS) is 12.9. The second-order valence-corrected chi connectivity index (χ2v) is 3.83. The van der Waals surface area contributed by atoms with Crippen molar-refractivity contribution in [3.05, 3.63) is 24.0 Å². The van der Waals surface area contributed by atoms with Crippen molar-refractivity contribution >= 4 is 5.97 Å². The smallest absolute Gasteiger partial charge is 0.422 e. The molecule has 0 N–H and O–H groups in total. The van der Waals surface area contributed by atoms with E-state index in [4.69, 9.17) is 4.74 Å². The number of nitrogens with zero attached hydrogens (tertiary/aromatic N) is 1. The highest BCUT2D eigenvalue weighted by atomic mass is 19.4. The van der Waals surface area contributed by atoms with Gasteiger partial charge < -0.3 is 9.47 Å². The van der Waals surface area contributed by atoms with E-state index in [0.717, 1.165) is 6.20 Å². The first-order chi connectivity index (χ1) is 8.83. The lowest BCUT2D eigenvalue weighted by Gasteiger charge is -2.13. The molecule has 0 aromatic carbocycles. The predicted molar refractivity (Wildman–Crippen MR) is 60.8 cm³/mol. The van der Waals surface area contributed by atoms with Crippen molar-refractivity contribution in [3.8, 4) is 5.75 Å². The quantitative estimate of drug-likeness (QED) is 0.776. The summed E-state index contributed by atoms with van der Waals surface area (Å²) in [6.45, 7) is 2.10. The Morgan fingerprint density at radius 3 is 2.68 bits per heavy atom. The highest BCUT2D eigenvalue weighted by Gasteiger charge is 2.28. The van der Waals surface area contributed by atoms with Gasteiger partial charge in [-0.2, -0.15) is 13.2 Å². The lowest BCUT2D eigenvalue weighted by Crippen LogP contribution is -2.19. The second kappa shape index (κ2) is 6.40. The van der Waals surface area contributed by atoms with Crippen LogP contribution in [-0.2, 0) is 9.53 Å². The molecule has 0 amide bonds. The molecule has 0 saturated carbocycles. The molecule has 1 unspecified atom stereocenters. The number of carbonyl (C=O) groups is 1. The summed E-state index contributed by atoms with van der Waals surface area (Å²) in [4.78, 5) is 15.2. The van der Waals surface area contributed by atoms with E-state index in [1.165, 1.54) is 12.3 Å². The molecule has 0 spiro atoms. The molecule has 4 nitrogen and oxygen atoms in total. The Labute approximate surface area is 108 Å². The van der Waals surface area contributed by atoms with Crippen LogP contribution in [0.1, 0.15) is 25.3 Å². The zero-order valence-electron chi connectivity index (χ0n) is 10.5. The molecular formula is C12H14F3NO3. The summed E-state index contributed by atoms with van der Waals surface area (Å²) >= 11 is 0. The average molecular weight is 277 g/mol. The van der Waals surface area contributed by atoms with E-state index in [2.05, 4.69) is 9.72 Å². The van der Waals surface area contributed by atoms with Crippen molar-refractivity contribution in [1.29, 1.82) is 0 Å². The van der Waals surface area contributed by atoms with Gasteiger partial charge in [-0.25, -0.2) is 0 Å². The van der Waals surface area contributed by atoms with Gasteiger partial charge in [0, 0.05) is 6.20 Å². The third-order valence-corrected chi connectivity index (χ3v) is 2.28. The monoisotopic (exact) mass is 277 g/mol. The lowest BCUT2D eigenvalue weighted by molar-refractivity contribution is -0.153. The van der Waals surface area contributed by atoms with Crippen LogP contribution < -0.4 is 4.74 Å². The standard InChI is InChI=1S/C12H14F3NO3/c1-3-18-11(17)8(2)9-4-10(6-16-5-9)19-7-12(13,14)15/h4-6,8H,3,7H2,1-2H3. The number of pyridine rings is 1. The third kappa shape index (κ3) is 5.15. The predicted octanol–water partition coefficient (Wildman–Crippen LogP) is 2.69. The van der Waals surface area contributed by atoms with Gasteiger partial charge in [0.15, 0.2) is 6.61 Å². The van der Waals surface area contributed by atoms with Gasteiger partial charge in [-0.15, -0.1) is 0 Å². The van der Waals surface area contributed by atoms with Crippen LogP contribution in [-0.4, -0.2) is 30.3 Å². The Morgan fingerprint density at radius 2 is 2.11 bits per heavy atom. The second-order valence-electron chi connectivity index (χ2n) is 3.83. The summed E-state index contributed by atoms with van der Waals surface area (Å²) < 4.78 is 45.4. The molecule has 0 aliphatic heterocycles. The van der Waals surface area contributed by atoms with Gasteiger partial charge in [-0.1, -0.05) is 0 Å². The Kier molecular flexibility index (Phi) is 5.14. The van der Waals surface area contributed by atoms with E-state index in [1.807, 2.05) is 0 Å². The molecule has 1 heterocycles. The minimum Gasteiger partial charge on any atom is -0.482 e. The lowest BCUT2D eigenvalue weighted by atomic mass is 10.0. The molecule has 0 saturated heterocycles. The van der Waals surface area contributed by atoms with Crippen molar-refractivity contribution in [2.45, 2.75) is 25.9 Å². The fourth-order valence-electron chi connectivity index (χ4n) is 1.32. The van der Waals surface area contributed by atoms with Crippen LogP contribution >= 0.6 is 0 Å². The van der Waals surface area contributed by atoms with Crippen LogP contribution in [0.25, 0.3) is 0 Å². The fraction of sp³-hybridized carbons (Fsp3) is 0.500. The Bertz CT molecular complexity index is 434. The SMILES string of the molecule is CCOC(=O)C(C)c1cncc(OCC(F)(F)F)c1. The first-order valence-electron chi connectivity index (χ1n) is 5.64. The molecule has 1 aromatic heterocycles. The maximum Gasteiger partial charge on any atom is 0.422 e. The van der Waals surface area contributed by atoms with E-state index in [-0.39, 0.29) is 12.4 Å². The number of aromatic nitrogens is 1. The summed E-state index contributed by atoms with van der Waals surface area (Å²) in [6, 6.07) is 1.35. The highest BCUT2D eigenvalue weighted by molar-refractivity contribution is 5.77. The summed E-state index contributed by atoms with van der Waals surface area (Å²) in [5, 5.41) is 0. The number of carbonyl (C=O) groups excluding carboxylic acids is 1. The van der Waals surface area contributed by atoms with Crippen LogP contribution in [0.3, 0.4) is 0 Å². The van der Waals surface area contributed by atoms with E-state index < -0.39 is 24.7 Å². The molecule has 0 bridgehead atoms. The van der Waals surface area contributed by atoms with Gasteiger partial charge in [-0.05, 0) is 25.5 Å². The Hall–Kier alpha value is -1.79. The largest absolute Gasteiger partial charge is 0.482 e. The number of esters is 1. The first-order valence-corrected chi connectivity index (χ1v) is 5.64. The van der Waals surface area contributed by atoms with Crippen LogP contribution in [0.5, 0.6) is 5.75 Å². The molecular weight excluding hydrogens is 263 g/mol. The van der Waals surface area contributed by atoms with Crippen molar-refractivity contribution in [1.82, 2.24) is 4.98 Å². The maximum atomic E-state index is 12.0. The Balaban J connectivity index is 2.74. The zero-order chi connectivity index (χ0) is 14.5. The maximum absolute atomic E-state index is 12.0. The van der Waals surface area contributed by atoms with Crippen LogP contribution in [0.15, 0.2) is 18.5 Å². The third-order valence-electron chi connectivity index (χ3n) is 2.28. The summed E-state index contributed by atoms with van der Waals surface area (Å²) in [5.41, 5.74) is 0.443. The van der Waals surface area contributed by atoms with Gasteiger partial charge >= 0.3 is 12.1 Å². The summed E-state index contributed by atoms with van der Waals surface area (Å²) in [5.74, 6) is -1.11. The Morgan fingerprint density at radius 1 is 1.42 bits per heavy atom. The number of ether oxygens (including phenoxy) is 2. The van der Waals surface area contributed by atoms with E-state index in [1.54, 1.807) is 13.8 Å². The van der Waals surface area contributed by atoms with Gasteiger partial charge in [0.05, 0.1) is 18.7 Å². The van der Waals surface area contributed by atoms with Crippen LogP contribution in [0.4, 0.5) is 13.2 Å². The van der Waals surface area contributed by atoms with Crippen molar-refractivity contribution < 1.29 is 27.4 Å². The number of hydrogen-bond donors (Lipinski definition) is 0. The molecule has 7 heteroatoms. The van der Waals surface area contributed by atoms with Crippen molar-refractivity contribution in [2.24, 2.45) is 0 Å². The molecule has 0 aliphatic carbocycles. The van der Waals surface area contributed by atoms with E-state index in [9.17, 15) is 18.0 Å². The molecule has 0 aliphatic rings. The van der Waals surface area contributed by atoms with Crippen LogP contribution in [0.2, 0.25) is 0 Å². The van der Waals surface area contributed by atoms with Gasteiger partial charge in [-0.3, -0.25) is 9.78 Å². The minimum absolute atomic E-state index is 0.0361. The number of hydrogen-bond acceptors (Lipinski definition) is 4. The fourth-order valence-corrected chi connectivity index (χ4v) is 1.32. The van der Waals surface area contributed by atoms with Crippen molar-refractivity contribution in [2.75, 3.05) is 13.2 Å². The molecule has 1 rings (SSSR count). The first kappa shape index (κ1) is 15.3. The average Bonchev–Trinajstić information content (AvgIpc) is 2.35. The molecule has 19 heavy (non-hydrogen) atoms. The van der Waals surface area contributed by atoms with Gasteiger partial charge in [0.2, 0.25) is 0 Å². The topological polar surface area (TPSA) is 48.4 Å². The summed E-state index contributed by atoms with van der Waals surface area (Å²) in [7, 11) is 0. The van der Waals surface area contributed by atoms with Gasteiger partial charge in [0.25, 0.3) is 0 Å². The van der Waals surface area contributed by atoms with E-state index in [0.29, 0.717) is 5.56 Å². The zero-order valence-corrected chi connectivity index (χ0v) is 10.5. The molecule has 0 fully saturated rings. The summed E-state index contributed by atoms with van der Waals surface area (Å²) in [6.07, 6.45) is -1.86. The number of rotatable bonds is 5. The van der Waals surface area contributed by atoms with Gasteiger partial charge in [0.1, 0.15) is 5.75 Å². The van der Waals surface area contributed by atoms with E-state index >= 15 is 0 Å². The number of halogens is 3. The molecule has 1 atom stereocenters. The number of alkyl halides is 3. The molecule has 106 valence electrons. The van der Waals surface area contributed by atoms with Crippen LogP contribution in [0, 0.1) is 0 Å². The minimum atomic E-state index is -4.41. The van der Waals surface area contributed by atoms with Crippen molar-refractivity contribution in [3.63, 3.8) is 0 Å².